The van der Waals surface area contributed by atoms with Gasteiger partial charge in [0.1, 0.15) is 0 Å². The van der Waals surface area contributed by atoms with Gasteiger partial charge in [0, 0.05) is 25.0 Å². The van der Waals surface area contributed by atoms with Crippen LogP contribution in [0.25, 0.3) is 0 Å². The minimum Gasteiger partial charge on any atom is -0.379 e. The number of amides is 1. The van der Waals surface area contributed by atoms with Gasteiger partial charge in [-0.25, -0.2) is 0 Å². The van der Waals surface area contributed by atoms with Gasteiger partial charge in [-0.2, -0.15) is 0 Å². The van der Waals surface area contributed by atoms with E-state index in [1.54, 1.807) is 6.07 Å². The lowest BCUT2D eigenvalue weighted by atomic mass is 10.2. The summed E-state index contributed by atoms with van der Waals surface area (Å²) in [7, 11) is 0. The number of aromatic nitrogens is 1. The number of pyridine rings is 1. The second kappa shape index (κ2) is 6.49. The molecule has 1 aliphatic rings. The quantitative estimate of drug-likeness (QED) is 0.385. The van der Waals surface area contributed by atoms with Crippen molar-refractivity contribution in [2.45, 2.75) is 19.8 Å². The van der Waals surface area contributed by atoms with E-state index in [2.05, 4.69) is 15.7 Å². The number of carbonyl (C=O) groups is 1. The number of carbonyl (C=O) groups excluding carboxylic acids is 1. The molecular formula is C13H20N4O2. The third-order valence-electron chi connectivity index (χ3n) is 3.02. The molecule has 1 aromatic rings. The number of hydrazine groups is 1. The first-order valence-corrected chi connectivity index (χ1v) is 6.50. The van der Waals surface area contributed by atoms with E-state index in [4.69, 9.17) is 10.6 Å². The maximum absolute atomic E-state index is 11.9. The molecule has 4 N–H and O–H groups in total. The van der Waals surface area contributed by atoms with Gasteiger partial charge >= 0.3 is 0 Å². The molecule has 104 valence electrons. The van der Waals surface area contributed by atoms with E-state index in [0.29, 0.717) is 24.4 Å². The fraction of sp³-hybridized carbons (Fsp3) is 0.538. The van der Waals surface area contributed by atoms with Crippen LogP contribution in [0.2, 0.25) is 0 Å². The summed E-state index contributed by atoms with van der Waals surface area (Å²) in [6.07, 6.45) is 4.06. The van der Waals surface area contributed by atoms with Crippen molar-refractivity contribution in [2.75, 3.05) is 25.2 Å². The van der Waals surface area contributed by atoms with E-state index in [1.807, 2.05) is 6.92 Å². The van der Waals surface area contributed by atoms with Crippen molar-refractivity contribution in [3.05, 3.63) is 23.5 Å². The van der Waals surface area contributed by atoms with E-state index in [9.17, 15) is 4.79 Å². The van der Waals surface area contributed by atoms with Crippen LogP contribution in [0.3, 0.4) is 0 Å². The first kappa shape index (κ1) is 13.8. The van der Waals surface area contributed by atoms with Crippen LogP contribution in [-0.2, 0) is 4.74 Å². The Balaban J connectivity index is 1.78. The van der Waals surface area contributed by atoms with Crippen LogP contribution in [0.5, 0.6) is 0 Å². The monoisotopic (exact) mass is 264 g/mol. The summed E-state index contributed by atoms with van der Waals surface area (Å²) in [6, 6.07) is 1.73. The largest absolute Gasteiger partial charge is 0.379 e. The Hall–Kier alpha value is -1.66. The molecule has 19 heavy (non-hydrogen) atoms. The molecule has 1 amide bonds. The Morgan fingerprint density at radius 3 is 3.05 bits per heavy atom. The lowest BCUT2D eigenvalue weighted by Crippen LogP contribution is -2.29. The molecule has 6 nitrogen and oxygen atoms in total. The van der Waals surface area contributed by atoms with Crippen LogP contribution in [0, 0.1) is 12.8 Å². The lowest BCUT2D eigenvalue weighted by molar-refractivity contribution is 0.0907. The molecule has 1 fully saturated rings. The predicted molar refractivity (Wildman–Crippen MR) is 72.7 cm³/mol. The summed E-state index contributed by atoms with van der Waals surface area (Å²) in [5.74, 6) is 5.93. The molecule has 0 saturated heterocycles. The van der Waals surface area contributed by atoms with Crippen molar-refractivity contribution in [3.63, 3.8) is 0 Å². The van der Waals surface area contributed by atoms with E-state index >= 15 is 0 Å². The Morgan fingerprint density at radius 2 is 2.37 bits per heavy atom. The van der Waals surface area contributed by atoms with Gasteiger partial charge in [-0.05, 0) is 31.7 Å². The molecule has 6 heteroatoms. The number of hydrogen-bond acceptors (Lipinski definition) is 5. The van der Waals surface area contributed by atoms with Crippen molar-refractivity contribution < 1.29 is 9.53 Å². The van der Waals surface area contributed by atoms with Gasteiger partial charge in [0.15, 0.2) is 0 Å². The molecule has 2 rings (SSSR count). The third-order valence-corrected chi connectivity index (χ3v) is 3.02. The highest BCUT2D eigenvalue weighted by atomic mass is 16.5. The Bertz CT molecular complexity index is 446. The number of nitrogens with one attached hydrogen (secondary N) is 2. The first-order valence-electron chi connectivity index (χ1n) is 6.50. The smallest absolute Gasteiger partial charge is 0.255 e. The topological polar surface area (TPSA) is 89.3 Å². The first-order chi connectivity index (χ1) is 9.20. The van der Waals surface area contributed by atoms with Gasteiger partial charge in [-0.3, -0.25) is 15.6 Å². The lowest BCUT2D eigenvalue weighted by Gasteiger charge is -2.10. The van der Waals surface area contributed by atoms with Gasteiger partial charge in [0.05, 0.1) is 17.9 Å². The SMILES string of the molecule is Cc1cc(NN)c(C(=O)NCCOCC2CC2)cn1. The predicted octanol–water partition coefficient (Wildman–Crippen LogP) is 0.832. The second-order valence-corrected chi connectivity index (χ2v) is 4.79. The number of nitrogens with zero attached hydrogens (tertiary/aromatic N) is 1. The Morgan fingerprint density at radius 1 is 1.58 bits per heavy atom. The standard InChI is InChI=1S/C13H20N4O2/c1-9-6-12(17-14)11(7-16-9)13(18)15-4-5-19-8-10-2-3-10/h6-7,10H,2-5,8,14H2,1H3,(H,15,18)(H,16,17). The highest BCUT2D eigenvalue weighted by Gasteiger charge is 2.20. The number of ether oxygens (including phenoxy) is 1. The van der Waals surface area contributed by atoms with Crippen molar-refractivity contribution in [2.24, 2.45) is 11.8 Å². The molecule has 0 spiro atoms. The van der Waals surface area contributed by atoms with Crippen molar-refractivity contribution >= 4 is 11.6 Å². The van der Waals surface area contributed by atoms with Crippen molar-refractivity contribution in [3.8, 4) is 0 Å². The molecule has 0 radical (unpaired) electrons. The Labute approximate surface area is 112 Å². The van der Waals surface area contributed by atoms with E-state index in [1.165, 1.54) is 19.0 Å². The maximum atomic E-state index is 11.9. The van der Waals surface area contributed by atoms with Crippen LogP contribution in [0.1, 0.15) is 28.9 Å². The molecule has 1 aromatic heterocycles. The van der Waals surface area contributed by atoms with Crippen LogP contribution >= 0.6 is 0 Å². The minimum absolute atomic E-state index is 0.199. The van der Waals surface area contributed by atoms with Crippen LogP contribution in [0.4, 0.5) is 5.69 Å². The van der Waals surface area contributed by atoms with Crippen LogP contribution in [0.15, 0.2) is 12.3 Å². The number of nitrogens with two attached hydrogens (primary N) is 1. The number of nitrogen functional groups attached to an aromatic ring is 1. The Kier molecular flexibility index (Phi) is 4.70. The molecular weight excluding hydrogens is 244 g/mol. The summed E-state index contributed by atoms with van der Waals surface area (Å²) in [5, 5.41) is 2.79. The summed E-state index contributed by atoms with van der Waals surface area (Å²) >= 11 is 0. The van der Waals surface area contributed by atoms with Crippen molar-refractivity contribution in [1.29, 1.82) is 0 Å². The number of rotatable bonds is 7. The molecule has 1 aliphatic carbocycles. The summed E-state index contributed by atoms with van der Waals surface area (Å²) in [4.78, 5) is 16.0. The molecule has 0 atom stereocenters. The highest BCUT2D eigenvalue weighted by Crippen LogP contribution is 2.28. The van der Waals surface area contributed by atoms with Gasteiger partial charge in [-0.15, -0.1) is 0 Å². The second-order valence-electron chi connectivity index (χ2n) is 4.79. The zero-order valence-corrected chi connectivity index (χ0v) is 11.1. The maximum Gasteiger partial charge on any atom is 0.255 e. The fourth-order valence-electron chi connectivity index (χ4n) is 1.73. The normalized spacial score (nSPS) is 14.2. The number of hydrogen-bond donors (Lipinski definition) is 3. The van der Waals surface area contributed by atoms with Gasteiger partial charge < -0.3 is 15.5 Å². The van der Waals surface area contributed by atoms with Crippen LogP contribution < -0.4 is 16.6 Å². The summed E-state index contributed by atoms with van der Waals surface area (Å²) < 4.78 is 5.45. The van der Waals surface area contributed by atoms with E-state index in [0.717, 1.165) is 18.2 Å². The van der Waals surface area contributed by atoms with Gasteiger partial charge in [-0.1, -0.05) is 0 Å². The zero-order chi connectivity index (χ0) is 13.7. The number of anilines is 1. The summed E-state index contributed by atoms with van der Waals surface area (Å²) in [5.41, 5.74) is 4.33. The molecule has 0 aromatic carbocycles. The zero-order valence-electron chi connectivity index (χ0n) is 11.1. The van der Waals surface area contributed by atoms with Gasteiger partial charge in [0.2, 0.25) is 0 Å². The average molecular weight is 264 g/mol. The summed E-state index contributed by atoms with van der Waals surface area (Å²) in [6.45, 7) is 3.67. The molecule has 1 heterocycles. The number of aryl methyl sites for hydroxylation is 1. The van der Waals surface area contributed by atoms with Gasteiger partial charge in [0.25, 0.3) is 5.91 Å². The van der Waals surface area contributed by atoms with Crippen LogP contribution in [-0.4, -0.2) is 30.6 Å². The molecule has 0 unspecified atom stereocenters. The molecule has 0 bridgehead atoms. The molecule has 0 aliphatic heterocycles. The fourth-order valence-corrected chi connectivity index (χ4v) is 1.73. The highest BCUT2D eigenvalue weighted by molar-refractivity contribution is 5.99. The average Bonchev–Trinajstić information content (AvgIpc) is 3.22. The van der Waals surface area contributed by atoms with E-state index in [-0.39, 0.29) is 5.91 Å². The van der Waals surface area contributed by atoms with E-state index < -0.39 is 0 Å². The molecule has 1 saturated carbocycles. The minimum atomic E-state index is -0.199. The third kappa shape index (κ3) is 4.18. The van der Waals surface area contributed by atoms with Crippen molar-refractivity contribution in [1.82, 2.24) is 10.3 Å².